The number of unbranched alkanes of at least 4 members (excludes halogenated alkanes) is 5. The van der Waals surface area contributed by atoms with E-state index in [1.54, 1.807) is 11.4 Å². The number of nitrogens with zero attached hydrogens (tertiary/aromatic N) is 3. The maximum Gasteiger partial charge on any atom is 0.176 e. The molecule has 1 aromatic heterocycles. The molecule has 2 bridgehead atoms. The highest BCUT2D eigenvalue weighted by molar-refractivity contribution is 5.30. The fourth-order valence-corrected chi connectivity index (χ4v) is 14.0. The number of aryl methyl sites for hydroxylation is 2. The Bertz CT molecular complexity index is 1240. The van der Waals surface area contributed by atoms with Gasteiger partial charge in [-0.1, -0.05) is 81.1 Å². The third kappa shape index (κ3) is 4.48. The number of halogens is 1. The Morgan fingerprint density at radius 1 is 0.818 bits per heavy atom. The van der Waals surface area contributed by atoms with E-state index in [4.69, 9.17) is 9.95 Å². The number of rotatable bonds is 7. The van der Waals surface area contributed by atoms with Crippen LogP contribution in [0.2, 0.25) is 0 Å². The third-order valence-corrected chi connectivity index (χ3v) is 16.3. The first-order chi connectivity index (χ1) is 20.3. The van der Waals surface area contributed by atoms with Gasteiger partial charge in [-0.3, -0.25) is 0 Å². The van der Waals surface area contributed by atoms with E-state index in [-0.39, 0.29) is 29.4 Å². The molecule has 44 heavy (non-hydrogen) atoms. The van der Waals surface area contributed by atoms with Gasteiger partial charge in [0.15, 0.2) is 11.4 Å². The standard InChI is InChI=1S/C39H66N3O.HI/c1-10-11-12-13-14-15-24-42-32-28(41(9)40-42)25-36(6)29(35(32,4)5)18-19-38(8)30(36)17-16-27-31-33-34(2,3)20-22-39(31,26-43-33)23-21-37(27,38)7;/h27,29-31,33H,10-26H2,1-9H3;1H/q+1;/p-1/t27-,29+,30-,31+,33-,36+,37-,38-,39-;/m1./s1. The van der Waals surface area contributed by atoms with Crippen molar-refractivity contribution in [1.82, 2.24) is 9.90 Å². The van der Waals surface area contributed by atoms with Gasteiger partial charge in [0.1, 0.15) is 13.6 Å². The molecular formula is C39H66IN3O. The molecular weight excluding hydrogens is 653 g/mol. The molecule has 0 unspecified atom stereocenters. The maximum absolute atomic E-state index is 6.82. The van der Waals surface area contributed by atoms with Crippen molar-refractivity contribution in [2.24, 2.45) is 57.8 Å². The van der Waals surface area contributed by atoms with Crippen LogP contribution in [0, 0.1) is 50.7 Å². The van der Waals surface area contributed by atoms with Crippen LogP contribution in [-0.4, -0.2) is 22.6 Å². The van der Waals surface area contributed by atoms with Crippen molar-refractivity contribution in [2.45, 2.75) is 170 Å². The topological polar surface area (TPSA) is 30.9 Å². The van der Waals surface area contributed by atoms with Gasteiger partial charge in [-0.2, -0.15) is 0 Å². The van der Waals surface area contributed by atoms with Gasteiger partial charge in [0.2, 0.25) is 0 Å². The molecule has 5 heteroatoms. The number of ether oxygens (including phenoxy) is 1. The molecule has 0 spiro atoms. The molecule has 250 valence electrons. The highest BCUT2D eigenvalue weighted by Gasteiger charge is 2.73. The molecule has 0 aromatic carbocycles. The largest absolute Gasteiger partial charge is 1.00 e. The summed E-state index contributed by atoms with van der Waals surface area (Å²) in [5.41, 5.74) is 5.26. The van der Waals surface area contributed by atoms with Gasteiger partial charge in [0.05, 0.1) is 17.9 Å². The summed E-state index contributed by atoms with van der Waals surface area (Å²) in [5, 5.41) is 5.21. The summed E-state index contributed by atoms with van der Waals surface area (Å²) in [4.78, 5) is 0. The van der Waals surface area contributed by atoms with Crippen molar-refractivity contribution in [3.8, 4) is 0 Å². The van der Waals surface area contributed by atoms with E-state index in [1.807, 2.05) is 0 Å². The van der Waals surface area contributed by atoms with Gasteiger partial charge in [0.25, 0.3) is 0 Å². The lowest BCUT2D eigenvalue weighted by Crippen LogP contribution is -3.00. The Hall–Kier alpha value is -0.170. The van der Waals surface area contributed by atoms with Crippen LogP contribution in [0.5, 0.6) is 0 Å². The summed E-state index contributed by atoms with van der Waals surface area (Å²) < 4.78 is 11.6. The molecule has 7 rings (SSSR count). The summed E-state index contributed by atoms with van der Waals surface area (Å²) in [5.74, 6) is 3.14. The van der Waals surface area contributed by atoms with Crippen molar-refractivity contribution < 1.29 is 33.4 Å². The number of hydrogen-bond acceptors (Lipinski definition) is 2. The van der Waals surface area contributed by atoms with Crippen LogP contribution in [-0.2, 0) is 30.2 Å². The van der Waals surface area contributed by atoms with Crippen molar-refractivity contribution in [2.75, 3.05) is 6.61 Å². The molecule has 0 N–H and O–H groups in total. The zero-order valence-electron chi connectivity index (χ0n) is 30.0. The number of aromatic nitrogens is 3. The maximum atomic E-state index is 6.82. The third-order valence-electron chi connectivity index (χ3n) is 16.3. The zero-order chi connectivity index (χ0) is 30.6. The molecule has 4 nitrogen and oxygen atoms in total. The molecule has 2 heterocycles. The molecule has 4 saturated carbocycles. The van der Waals surface area contributed by atoms with Crippen molar-refractivity contribution in [1.29, 1.82) is 0 Å². The highest BCUT2D eigenvalue weighted by atomic mass is 127. The average Bonchev–Trinajstić information content (AvgIpc) is 3.44. The SMILES string of the molecule is CCCCCCCC[n+]1nn(C)c2c1C(C)(C)[C@@H]1CC[C@]3(C)[C@H](CC[C@@H]4[C@H]5[C@H]6OC[C@@]5(CCC6(C)C)CC[C@]43C)[C@@]1(C)C2.[I-]. The van der Waals surface area contributed by atoms with Gasteiger partial charge in [-0.15, -0.1) is 9.36 Å². The van der Waals surface area contributed by atoms with Crippen LogP contribution in [0.3, 0.4) is 0 Å². The normalized spacial score (nSPS) is 44.4. The van der Waals surface area contributed by atoms with Gasteiger partial charge in [-0.05, 0) is 115 Å². The second-order valence-electron chi connectivity index (χ2n) is 19.0. The molecule has 5 fully saturated rings. The van der Waals surface area contributed by atoms with Crippen LogP contribution >= 0.6 is 0 Å². The van der Waals surface area contributed by atoms with Crippen LogP contribution in [0.25, 0.3) is 0 Å². The van der Waals surface area contributed by atoms with Crippen molar-refractivity contribution in [3.05, 3.63) is 11.4 Å². The summed E-state index contributed by atoms with van der Waals surface area (Å²) >= 11 is 0. The minimum Gasteiger partial charge on any atom is -1.00 e. The molecule has 5 aliphatic carbocycles. The van der Waals surface area contributed by atoms with E-state index in [1.165, 1.54) is 96.3 Å². The van der Waals surface area contributed by atoms with Crippen molar-refractivity contribution in [3.63, 3.8) is 0 Å². The van der Waals surface area contributed by atoms with Crippen LogP contribution in [0.15, 0.2) is 0 Å². The van der Waals surface area contributed by atoms with E-state index < -0.39 is 0 Å². The van der Waals surface area contributed by atoms with Crippen LogP contribution in [0.4, 0.5) is 0 Å². The van der Waals surface area contributed by atoms with Gasteiger partial charge in [0, 0.05) is 11.8 Å². The van der Waals surface area contributed by atoms with E-state index >= 15 is 0 Å². The first-order valence-electron chi connectivity index (χ1n) is 18.8. The van der Waals surface area contributed by atoms with Crippen LogP contribution in [0.1, 0.15) is 157 Å². The van der Waals surface area contributed by atoms with Gasteiger partial charge >= 0.3 is 0 Å². The smallest absolute Gasteiger partial charge is 0.176 e. The lowest BCUT2D eigenvalue weighted by atomic mass is 9.31. The highest BCUT2D eigenvalue weighted by Crippen LogP contribution is 2.77. The quantitative estimate of drug-likeness (QED) is 0.198. The molecule has 9 atom stereocenters. The van der Waals surface area contributed by atoms with E-state index in [2.05, 4.69) is 71.8 Å². The molecule has 1 aromatic rings. The first-order valence-corrected chi connectivity index (χ1v) is 18.8. The summed E-state index contributed by atoms with van der Waals surface area (Å²) in [6.45, 7) is 23.0. The second-order valence-corrected chi connectivity index (χ2v) is 19.0. The fraction of sp³-hybridized carbons (Fsp3) is 0.949. The summed E-state index contributed by atoms with van der Waals surface area (Å²) in [7, 11) is 2.25. The van der Waals surface area contributed by atoms with E-state index in [9.17, 15) is 0 Å². The van der Waals surface area contributed by atoms with E-state index in [0.717, 1.165) is 36.8 Å². The zero-order valence-corrected chi connectivity index (χ0v) is 32.2. The lowest BCUT2D eigenvalue weighted by molar-refractivity contribution is -0.765. The average molecular weight is 720 g/mol. The van der Waals surface area contributed by atoms with E-state index in [0.29, 0.717) is 33.2 Å². The predicted octanol–water partition coefficient (Wildman–Crippen LogP) is 5.98. The molecule has 6 aliphatic rings. The van der Waals surface area contributed by atoms with Crippen molar-refractivity contribution >= 4 is 0 Å². The predicted molar refractivity (Wildman–Crippen MR) is 175 cm³/mol. The minimum absolute atomic E-state index is 0. The van der Waals surface area contributed by atoms with Gasteiger partial charge in [-0.25, -0.2) is 0 Å². The molecule has 0 amide bonds. The Morgan fingerprint density at radius 2 is 1.52 bits per heavy atom. The number of fused-ring (bicyclic) bond motifs is 6. The van der Waals surface area contributed by atoms with Crippen LogP contribution < -0.4 is 28.7 Å². The first kappa shape index (κ1) is 33.7. The second kappa shape index (κ2) is 11.2. The molecule has 1 saturated heterocycles. The lowest BCUT2D eigenvalue weighted by Gasteiger charge is -2.72. The monoisotopic (exact) mass is 719 g/mol. The molecule has 1 aliphatic heterocycles. The molecule has 0 radical (unpaired) electrons. The Kier molecular flexibility index (Phi) is 8.58. The van der Waals surface area contributed by atoms with Gasteiger partial charge < -0.3 is 28.7 Å². The summed E-state index contributed by atoms with van der Waals surface area (Å²) in [6.07, 6.45) is 21.0. The number of hydrogen-bond donors (Lipinski definition) is 0. The minimum atomic E-state index is 0. The summed E-state index contributed by atoms with van der Waals surface area (Å²) in [6, 6.07) is 0. The Morgan fingerprint density at radius 3 is 2.27 bits per heavy atom. The fourth-order valence-electron chi connectivity index (χ4n) is 14.0. The Labute approximate surface area is 287 Å². The Balaban J connectivity index is 0.00000343.